The van der Waals surface area contributed by atoms with Gasteiger partial charge in [0.05, 0.1) is 12.7 Å². The van der Waals surface area contributed by atoms with Gasteiger partial charge in [0.2, 0.25) is 5.52 Å². The van der Waals surface area contributed by atoms with Crippen LogP contribution in [-0.2, 0) is 7.05 Å². The Hall–Kier alpha value is -2.07. The van der Waals surface area contributed by atoms with Gasteiger partial charge in [-0.1, -0.05) is 11.3 Å². The summed E-state index contributed by atoms with van der Waals surface area (Å²) in [4.78, 5) is 2.11. The summed E-state index contributed by atoms with van der Waals surface area (Å²) < 4.78 is 8.79. The molecule has 0 aliphatic carbocycles. The van der Waals surface area contributed by atoms with Gasteiger partial charge in [-0.3, -0.25) is 0 Å². The number of hydrogen-bond donors (Lipinski definition) is 0. The average Bonchev–Trinajstić information content (AvgIpc) is 2.83. The van der Waals surface area contributed by atoms with E-state index in [1.54, 1.807) is 18.4 Å². The maximum Gasteiger partial charge on any atom is 0.269 e. The minimum Gasteiger partial charge on any atom is -0.497 e. The van der Waals surface area contributed by atoms with Crippen LogP contribution in [0.3, 0.4) is 0 Å². The molecule has 0 saturated carbocycles. The molecule has 0 bridgehead atoms. The highest BCUT2D eigenvalue weighted by Crippen LogP contribution is 2.31. The number of benzene rings is 2. The van der Waals surface area contributed by atoms with E-state index in [1.807, 2.05) is 6.07 Å². The van der Waals surface area contributed by atoms with Gasteiger partial charge in [-0.2, -0.15) is 4.57 Å². The summed E-state index contributed by atoms with van der Waals surface area (Å²) in [5.41, 5.74) is 3.68. The molecule has 0 aliphatic heterocycles. The van der Waals surface area contributed by atoms with Gasteiger partial charge in [0.1, 0.15) is 17.5 Å². The van der Waals surface area contributed by atoms with Gasteiger partial charge in [-0.15, -0.1) is 0 Å². The molecular weight excluding hydrogens is 280 g/mol. The van der Waals surface area contributed by atoms with Crippen LogP contribution in [0.5, 0.6) is 5.75 Å². The Morgan fingerprint density at radius 2 is 1.76 bits per heavy atom. The summed E-state index contributed by atoms with van der Waals surface area (Å²) in [5.74, 6) is 0.902. The molecule has 3 nitrogen and oxygen atoms in total. The summed E-state index contributed by atoms with van der Waals surface area (Å²) in [6.07, 6.45) is 0. The van der Waals surface area contributed by atoms with Crippen molar-refractivity contribution in [2.45, 2.75) is 0 Å². The number of fused-ring (bicyclic) bond motifs is 1. The monoisotopic (exact) mass is 299 g/mol. The highest BCUT2D eigenvalue weighted by Gasteiger charge is 2.19. The van der Waals surface area contributed by atoms with Crippen LogP contribution in [0, 0.1) is 0 Å². The minimum atomic E-state index is 0.902. The number of aryl methyl sites for hydroxylation is 1. The first kappa shape index (κ1) is 13.9. The van der Waals surface area contributed by atoms with E-state index >= 15 is 0 Å². The Labute approximate surface area is 129 Å². The summed E-state index contributed by atoms with van der Waals surface area (Å²) in [6, 6.07) is 14.9. The molecule has 0 radical (unpaired) electrons. The summed E-state index contributed by atoms with van der Waals surface area (Å²) >= 11 is 1.79. The first-order chi connectivity index (χ1) is 10.1. The molecule has 2 aromatic carbocycles. The topological polar surface area (TPSA) is 16.4 Å². The second-order valence-corrected chi connectivity index (χ2v) is 6.27. The fraction of sp³-hybridized carbons (Fsp3) is 0.235. The summed E-state index contributed by atoms with van der Waals surface area (Å²) in [6.45, 7) is 0. The molecule has 0 N–H and O–H groups in total. The SMILES string of the molecule is COc1ccc2c(c1)sc(-c1ccc(N(C)C)cc1)[n+]2C. The molecule has 21 heavy (non-hydrogen) atoms. The zero-order valence-electron chi connectivity index (χ0n) is 12.8. The molecule has 1 heterocycles. The van der Waals surface area contributed by atoms with Gasteiger partial charge in [0, 0.05) is 31.9 Å². The molecule has 0 saturated heterocycles. The third-order valence-corrected chi connectivity index (χ3v) is 4.92. The van der Waals surface area contributed by atoms with Gasteiger partial charge in [-0.25, -0.2) is 0 Å². The van der Waals surface area contributed by atoms with Crippen molar-refractivity contribution in [2.24, 2.45) is 7.05 Å². The van der Waals surface area contributed by atoms with Crippen molar-refractivity contribution in [1.29, 1.82) is 0 Å². The fourth-order valence-electron chi connectivity index (χ4n) is 2.42. The van der Waals surface area contributed by atoms with Gasteiger partial charge < -0.3 is 9.64 Å². The molecule has 0 spiro atoms. The third kappa shape index (κ3) is 2.47. The van der Waals surface area contributed by atoms with Crippen molar-refractivity contribution in [3.05, 3.63) is 42.5 Å². The Kier molecular flexibility index (Phi) is 3.55. The lowest BCUT2D eigenvalue weighted by molar-refractivity contribution is -0.629. The quantitative estimate of drug-likeness (QED) is 0.689. The van der Waals surface area contributed by atoms with E-state index in [0.717, 1.165) is 5.75 Å². The first-order valence-corrected chi connectivity index (χ1v) is 7.66. The average molecular weight is 299 g/mol. The smallest absolute Gasteiger partial charge is 0.269 e. The van der Waals surface area contributed by atoms with Crippen LogP contribution < -0.4 is 14.2 Å². The molecule has 0 unspecified atom stereocenters. The highest BCUT2D eigenvalue weighted by atomic mass is 32.1. The zero-order valence-corrected chi connectivity index (χ0v) is 13.6. The van der Waals surface area contributed by atoms with E-state index in [2.05, 4.69) is 67.0 Å². The molecule has 0 atom stereocenters. The Bertz CT molecular complexity index is 775. The highest BCUT2D eigenvalue weighted by molar-refractivity contribution is 7.21. The van der Waals surface area contributed by atoms with Crippen LogP contribution in [0.25, 0.3) is 20.8 Å². The predicted molar refractivity (Wildman–Crippen MR) is 89.3 cm³/mol. The van der Waals surface area contributed by atoms with E-state index < -0.39 is 0 Å². The number of aromatic nitrogens is 1. The standard InChI is InChI=1S/C17H19N2OS/c1-18(2)13-7-5-12(6-8-13)17-19(3)15-10-9-14(20-4)11-16(15)21-17/h5-11H,1-4H3/q+1. The van der Waals surface area contributed by atoms with E-state index in [9.17, 15) is 0 Å². The Morgan fingerprint density at radius 1 is 1.05 bits per heavy atom. The maximum atomic E-state index is 5.31. The Balaban J connectivity index is 2.09. The van der Waals surface area contributed by atoms with E-state index in [4.69, 9.17) is 4.74 Å². The third-order valence-electron chi connectivity index (χ3n) is 3.67. The van der Waals surface area contributed by atoms with Gasteiger partial charge >= 0.3 is 0 Å². The lowest BCUT2D eigenvalue weighted by atomic mass is 10.2. The molecular formula is C17H19N2OS+. The van der Waals surface area contributed by atoms with Crippen molar-refractivity contribution < 1.29 is 9.30 Å². The van der Waals surface area contributed by atoms with Crippen LogP contribution in [0.1, 0.15) is 0 Å². The number of anilines is 1. The van der Waals surface area contributed by atoms with E-state index in [-0.39, 0.29) is 0 Å². The van der Waals surface area contributed by atoms with Crippen LogP contribution >= 0.6 is 11.3 Å². The van der Waals surface area contributed by atoms with Gasteiger partial charge in [0.25, 0.3) is 5.01 Å². The zero-order chi connectivity index (χ0) is 15.0. The molecule has 0 amide bonds. The lowest BCUT2D eigenvalue weighted by Crippen LogP contribution is -2.28. The van der Waals surface area contributed by atoms with Crippen molar-refractivity contribution >= 4 is 27.2 Å². The normalized spacial score (nSPS) is 10.9. The van der Waals surface area contributed by atoms with Gasteiger partial charge in [-0.05, 0) is 30.3 Å². The number of methoxy groups -OCH3 is 1. The molecule has 3 aromatic rings. The van der Waals surface area contributed by atoms with E-state index in [1.165, 1.54) is 26.5 Å². The van der Waals surface area contributed by atoms with Crippen molar-refractivity contribution in [3.8, 4) is 16.3 Å². The number of nitrogens with zero attached hydrogens (tertiary/aromatic N) is 2. The molecule has 1 aromatic heterocycles. The molecule has 4 heteroatoms. The second kappa shape index (κ2) is 5.37. The summed E-state index contributed by atoms with van der Waals surface area (Å²) in [7, 11) is 7.93. The van der Waals surface area contributed by atoms with Crippen LogP contribution in [-0.4, -0.2) is 21.2 Å². The maximum absolute atomic E-state index is 5.31. The summed E-state index contributed by atoms with van der Waals surface area (Å²) in [5, 5.41) is 1.25. The van der Waals surface area contributed by atoms with Gasteiger partial charge in [0.15, 0.2) is 0 Å². The predicted octanol–water partition coefficient (Wildman–Crippen LogP) is 3.47. The number of rotatable bonds is 3. The molecule has 0 aliphatic rings. The van der Waals surface area contributed by atoms with Crippen LogP contribution in [0.4, 0.5) is 5.69 Å². The largest absolute Gasteiger partial charge is 0.497 e. The fourth-order valence-corrected chi connectivity index (χ4v) is 3.60. The second-order valence-electron chi connectivity index (χ2n) is 5.24. The first-order valence-electron chi connectivity index (χ1n) is 6.84. The molecule has 3 rings (SSSR count). The Morgan fingerprint density at radius 3 is 2.38 bits per heavy atom. The number of ether oxygens (including phenoxy) is 1. The number of thiazole rings is 1. The lowest BCUT2D eigenvalue weighted by Gasteiger charge is -2.11. The minimum absolute atomic E-state index is 0.902. The number of hydrogen-bond acceptors (Lipinski definition) is 3. The molecule has 0 fully saturated rings. The molecule has 108 valence electrons. The van der Waals surface area contributed by atoms with Crippen LogP contribution in [0.2, 0.25) is 0 Å². The van der Waals surface area contributed by atoms with Crippen molar-refractivity contribution in [1.82, 2.24) is 0 Å². The van der Waals surface area contributed by atoms with Crippen molar-refractivity contribution in [3.63, 3.8) is 0 Å². The van der Waals surface area contributed by atoms with E-state index in [0.29, 0.717) is 0 Å². The van der Waals surface area contributed by atoms with Crippen molar-refractivity contribution in [2.75, 3.05) is 26.1 Å². The van der Waals surface area contributed by atoms with Crippen LogP contribution in [0.15, 0.2) is 42.5 Å².